The highest BCUT2D eigenvalue weighted by Crippen LogP contribution is 2.29. The molecule has 0 atom stereocenters. The van der Waals surface area contributed by atoms with Gasteiger partial charge in [-0.2, -0.15) is 0 Å². The summed E-state index contributed by atoms with van der Waals surface area (Å²) in [6, 6.07) is 58.9. The van der Waals surface area contributed by atoms with Crippen molar-refractivity contribution in [1.29, 1.82) is 0 Å². The average molecular weight is 729 g/mol. The van der Waals surface area contributed by atoms with Gasteiger partial charge in [-0.25, -0.2) is 0 Å². The molecule has 0 radical (unpaired) electrons. The SMILES string of the molecule is CCN1CCN(c2ccc(C3=c4ccc([nH]4)=C(c4ccccc4)c4ccc([nH]4)C(c4ccccc4)=c4ccc([nH]4)=C(c4ccccc4)c4ccc3[nH]4)cc2)CC1. The Morgan fingerprint density at radius 3 is 1.04 bits per heavy atom. The van der Waals surface area contributed by atoms with Crippen LogP contribution >= 0.6 is 0 Å². The molecular weight excluding hydrogens is 685 g/mol. The van der Waals surface area contributed by atoms with Crippen molar-refractivity contribution in [2.24, 2.45) is 0 Å². The van der Waals surface area contributed by atoms with Crippen LogP contribution in [0, 0.1) is 0 Å². The second-order valence-electron chi connectivity index (χ2n) is 14.7. The largest absolute Gasteiger partial charge is 0.369 e. The van der Waals surface area contributed by atoms with E-state index >= 15 is 0 Å². The molecule has 56 heavy (non-hydrogen) atoms. The van der Waals surface area contributed by atoms with Crippen LogP contribution in [0.4, 0.5) is 5.69 Å². The highest BCUT2D eigenvalue weighted by Gasteiger charge is 2.20. The highest BCUT2D eigenvalue weighted by atomic mass is 15.3. The third-order valence-electron chi connectivity index (χ3n) is 11.4. The molecule has 8 aromatic rings. The van der Waals surface area contributed by atoms with Gasteiger partial charge in [0, 0.05) is 98.3 Å². The lowest BCUT2D eigenvalue weighted by Gasteiger charge is -2.35. The van der Waals surface area contributed by atoms with Crippen LogP contribution in [-0.2, 0) is 0 Å². The molecule has 274 valence electrons. The van der Waals surface area contributed by atoms with Crippen molar-refractivity contribution >= 4 is 28.0 Å². The quantitative estimate of drug-likeness (QED) is 0.159. The molecule has 0 saturated carbocycles. The van der Waals surface area contributed by atoms with Gasteiger partial charge in [-0.05, 0) is 89.5 Å². The van der Waals surface area contributed by atoms with Crippen molar-refractivity contribution in [3.63, 3.8) is 0 Å². The molecule has 6 heterocycles. The first-order valence-electron chi connectivity index (χ1n) is 19.7. The number of nitrogens with one attached hydrogen (secondary N) is 4. The van der Waals surface area contributed by atoms with Crippen LogP contribution < -0.4 is 26.3 Å². The van der Waals surface area contributed by atoms with Crippen LogP contribution in [0.3, 0.4) is 0 Å². The van der Waals surface area contributed by atoms with Gasteiger partial charge in [0.15, 0.2) is 0 Å². The van der Waals surface area contributed by atoms with Crippen molar-refractivity contribution in [2.45, 2.75) is 6.92 Å². The minimum atomic E-state index is 1.04. The van der Waals surface area contributed by atoms with Crippen LogP contribution in [0.25, 0.3) is 22.3 Å². The van der Waals surface area contributed by atoms with Crippen LogP contribution in [0.15, 0.2) is 164 Å². The standard InChI is InChI=1S/C50H44N6/c1-2-55-30-32-56(33-31-55)38-20-18-37(19-21-38)50-45-28-26-43(53-45)48(35-14-8-4-9-15-35)41-24-22-39(51-41)47(34-12-6-3-7-13-34)40-23-25-42(52-40)49(36-16-10-5-11-17-36)44-27-29-46(50)54-44/h3-29,51-54H,2,30-33H2,1H3. The van der Waals surface area contributed by atoms with Crippen molar-refractivity contribution in [1.82, 2.24) is 24.8 Å². The van der Waals surface area contributed by atoms with E-state index in [1.165, 1.54) is 5.69 Å². The Labute approximate surface area is 326 Å². The number of H-pyrrole nitrogens is 4. The van der Waals surface area contributed by atoms with E-state index in [1.807, 2.05) is 0 Å². The van der Waals surface area contributed by atoms with E-state index in [0.29, 0.717) is 0 Å². The minimum Gasteiger partial charge on any atom is -0.369 e. The molecule has 4 N–H and O–H groups in total. The fourth-order valence-electron chi connectivity index (χ4n) is 8.55. The van der Waals surface area contributed by atoms with E-state index in [1.54, 1.807) is 0 Å². The first kappa shape index (κ1) is 33.8. The maximum atomic E-state index is 3.92. The highest BCUT2D eigenvalue weighted by molar-refractivity contribution is 5.85. The van der Waals surface area contributed by atoms with Gasteiger partial charge in [0.2, 0.25) is 0 Å². The van der Waals surface area contributed by atoms with Gasteiger partial charge in [-0.15, -0.1) is 0 Å². The molecule has 6 heteroatoms. The number of benzene rings is 4. The van der Waals surface area contributed by atoms with Gasteiger partial charge in [-0.1, -0.05) is 110 Å². The predicted molar refractivity (Wildman–Crippen MR) is 228 cm³/mol. The lowest BCUT2D eigenvalue weighted by atomic mass is 10.0. The van der Waals surface area contributed by atoms with Gasteiger partial charge in [0.25, 0.3) is 0 Å². The topological polar surface area (TPSA) is 69.6 Å². The molecule has 1 fully saturated rings. The second-order valence-corrected chi connectivity index (χ2v) is 14.7. The van der Waals surface area contributed by atoms with E-state index in [-0.39, 0.29) is 0 Å². The van der Waals surface area contributed by atoms with Gasteiger partial charge in [0.1, 0.15) is 0 Å². The van der Waals surface area contributed by atoms with Crippen molar-refractivity contribution in [3.8, 4) is 0 Å². The number of hydrogen-bond donors (Lipinski definition) is 4. The molecule has 0 amide bonds. The Bertz CT molecular complexity index is 2880. The molecule has 0 aliphatic carbocycles. The normalized spacial score (nSPS) is 14.8. The maximum absolute atomic E-state index is 3.92. The predicted octanol–water partition coefficient (Wildman–Crippen LogP) is 6.44. The molecule has 4 aromatic carbocycles. The Morgan fingerprint density at radius 1 is 0.357 bits per heavy atom. The number of aromatic nitrogens is 4. The minimum absolute atomic E-state index is 1.04. The third-order valence-corrected chi connectivity index (χ3v) is 11.4. The van der Waals surface area contributed by atoms with E-state index in [9.17, 15) is 0 Å². The van der Waals surface area contributed by atoms with E-state index < -0.39 is 0 Å². The van der Waals surface area contributed by atoms with Crippen LogP contribution in [0.2, 0.25) is 0 Å². The fourth-order valence-corrected chi connectivity index (χ4v) is 8.55. The number of fused-ring (bicyclic) bond motifs is 8. The summed E-state index contributed by atoms with van der Waals surface area (Å²) >= 11 is 0. The summed E-state index contributed by atoms with van der Waals surface area (Å²) in [6.45, 7) is 7.65. The molecular formula is C50H44N6. The zero-order valence-electron chi connectivity index (χ0n) is 31.5. The Hall–Kier alpha value is -6.76. The first-order chi connectivity index (χ1) is 27.7. The van der Waals surface area contributed by atoms with Crippen molar-refractivity contribution in [2.75, 3.05) is 37.6 Å². The number of rotatable bonds is 6. The molecule has 2 aliphatic heterocycles. The van der Waals surface area contributed by atoms with Gasteiger partial charge < -0.3 is 29.7 Å². The zero-order valence-corrected chi connectivity index (χ0v) is 31.5. The fraction of sp³-hybridized carbons (Fsp3) is 0.120. The summed E-state index contributed by atoms with van der Waals surface area (Å²) in [5.74, 6) is 0. The van der Waals surface area contributed by atoms with Crippen LogP contribution in [0.1, 0.15) is 52.0 Å². The molecule has 0 spiro atoms. The number of aromatic amines is 4. The molecule has 6 nitrogen and oxygen atoms in total. The summed E-state index contributed by atoms with van der Waals surface area (Å²) in [7, 11) is 0. The van der Waals surface area contributed by atoms with E-state index in [2.05, 4.69) is 200 Å². The lowest BCUT2D eigenvalue weighted by Crippen LogP contribution is -2.46. The zero-order chi connectivity index (χ0) is 37.4. The number of nitrogens with zero attached hydrogens (tertiary/aromatic N) is 2. The van der Waals surface area contributed by atoms with Gasteiger partial charge in [0.05, 0.1) is 0 Å². The van der Waals surface area contributed by atoms with E-state index in [4.69, 9.17) is 0 Å². The summed E-state index contributed by atoms with van der Waals surface area (Å²) in [4.78, 5) is 20.6. The van der Waals surface area contributed by atoms with Crippen molar-refractivity contribution < 1.29 is 0 Å². The average Bonchev–Trinajstić information content (AvgIpc) is 4.11. The second kappa shape index (κ2) is 14.5. The molecule has 4 aromatic heterocycles. The molecule has 0 unspecified atom stereocenters. The van der Waals surface area contributed by atoms with Crippen LogP contribution in [-0.4, -0.2) is 57.6 Å². The number of likely N-dealkylation sites (N-methyl/N-ethyl adjacent to an activating group) is 1. The lowest BCUT2D eigenvalue weighted by molar-refractivity contribution is 0.271. The Balaban J connectivity index is 1.25. The van der Waals surface area contributed by atoms with Crippen LogP contribution in [0.5, 0.6) is 0 Å². The number of hydrogen-bond acceptors (Lipinski definition) is 2. The first-order valence-corrected chi connectivity index (χ1v) is 19.7. The number of piperazine rings is 1. The van der Waals surface area contributed by atoms with Crippen molar-refractivity contribution in [3.05, 3.63) is 230 Å². The summed E-state index contributed by atoms with van der Waals surface area (Å²) in [5, 5.41) is 4.17. The van der Waals surface area contributed by atoms with Gasteiger partial charge >= 0.3 is 0 Å². The third kappa shape index (κ3) is 6.24. The summed E-state index contributed by atoms with van der Waals surface area (Å²) in [5.41, 5.74) is 14.5. The number of anilines is 1. The smallest absolute Gasteiger partial charge is 0.0485 e. The maximum Gasteiger partial charge on any atom is 0.0485 e. The monoisotopic (exact) mass is 728 g/mol. The molecule has 8 bridgehead atoms. The van der Waals surface area contributed by atoms with Gasteiger partial charge in [-0.3, -0.25) is 0 Å². The Morgan fingerprint density at radius 2 is 0.696 bits per heavy atom. The van der Waals surface area contributed by atoms with E-state index in [0.717, 1.165) is 121 Å². The molecule has 10 rings (SSSR count). The molecule has 1 saturated heterocycles. The summed E-state index contributed by atoms with van der Waals surface area (Å²) < 4.78 is 0. The molecule has 2 aliphatic rings. The summed E-state index contributed by atoms with van der Waals surface area (Å²) in [6.07, 6.45) is 0. The Kier molecular flexibility index (Phi) is 8.73.